The van der Waals surface area contributed by atoms with E-state index in [1.165, 1.54) is 50.1 Å². The van der Waals surface area contributed by atoms with Crippen molar-refractivity contribution in [1.29, 1.82) is 0 Å². The molecular formula is C21H28N2O2S. The van der Waals surface area contributed by atoms with E-state index in [1.54, 1.807) is 4.90 Å². The molecule has 3 aliphatic rings. The smallest absolute Gasteiger partial charge is 0.253 e. The normalized spacial score (nSPS) is 27.2. The van der Waals surface area contributed by atoms with E-state index in [-0.39, 0.29) is 11.7 Å². The highest BCUT2D eigenvalue weighted by atomic mass is 32.2. The average Bonchev–Trinajstić information content (AvgIpc) is 2.65. The summed E-state index contributed by atoms with van der Waals surface area (Å²) in [5.74, 6) is 0.326. The van der Waals surface area contributed by atoms with E-state index < -0.39 is 0 Å². The van der Waals surface area contributed by atoms with E-state index in [0.717, 1.165) is 16.9 Å². The standard InChI is InChI=1S/C21H28N2O2S/c24-18-8-12-23(13-9-18)21(25)16-4-6-19(7-5-16)26-20-14-17(15-20)22-10-2-1-3-11-22/h4-7,17,20H,1-3,8-15H2. The predicted octanol–water partition coefficient (Wildman–Crippen LogP) is 3.60. The molecule has 3 fully saturated rings. The lowest BCUT2D eigenvalue weighted by Crippen LogP contribution is -2.48. The van der Waals surface area contributed by atoms with Gasteiger partial charge in [0.25, 0.3) is 5.91 Å². The van der Waals surface area contributed by atoms with Gasteiger partial charge in [-0.3, -0.25) is 9.59 Å². The zero-order valence-corrected chi connectivity index (χ0v) is 16.2. The van der Waals surface area contributed by atoms with Gasteiger partial charge in [-0.2, -0.15) is 0 Å². The molecule has 1 amide bonds. The fourth-order valence-electron chi connectivity index (χ4n) is 4.23. The molecule has 1 aromatic rings. The molecule has 0 spiro atoms. The van der Waals surface area contributed by atoms with Crippen molar-refractivity contribution in [3.8, 4) is 0 Å². The van der Waals surface area contributed by atoms with Crippen LogP contribution in [0.15, 0.2) is 29.2 Å². The number of amides is 1. The SMILES string of the molecule is O=C1CCN(C(=O)c2ccc(SC3CC(N4CCCCC4)C3)cc2)CC1. The molecule has 1 saturated carbocycles. The quantitative estimate of drug-likeness (QED) is 0.810. The molecule has 1 aliphatic carbocycles. The number of Topliss-reactive ketones (excluding diaryl/α,β-unsaturated/α-hetero) is 1. The van der Waals surface area contributed by atoms with E-state index in [9.17, 15) is 9.59 Å². The molecule has 5 heteroatoms. The summed E-state index contributed by atoms with van der Waals surface area (Å²) in [6, 6.07) is 8.86. The number of thioether (sulfide) groups is 1. The van der Waals surface area contributed by atoms with Crippen LogP contribution in [0.3, 0.4) is 0 Å². The molecule has 0 aromatic heterocycles. The summed E-state index contributed by atoms with van der Waals surface area (Å²) in [6.07, 6.45) is 7.74. The third kappa shape index (κ3) is 4.15. The zero-order valence-electron chi connectivity index (χ0n) is 15.4. The first kappa shape index (κ1) is 18.1. The third-order valence-electron chi connectivity index (χ3n) is 5.99. The summed E-state index contributed by atoms with van der Waals surface area (Å²) in [6.45, 7) is 3.71. The van der Waals surface area contributed by atoms with Gasteiger partial charge in [0.15, 0.2) is 0 Å². The van der Waals surface area contributed by atoms with Crippen LogP contribution in [0.1, 0.15) is 55.3 Å². The number of piperidine rings is 2. The molecule has 26 heavy (non-hydrogen) atoms. The first-order valence-corrected chi connectivity index (χ1v) is 10.9. The van der Waals surface area contributed by atoms with E-state index in [0.29, 0.717) is 25.9 Å². The van der Waals surface area contributed by atoms with Crippen LogP contribution >= 0.6 is 11.8 Å². The minimum Gasteiger partial charge on any atom is -0.338 e. The number of hydrogen-bond acceptors (Lipinski definition) is 4. The monoisotopic (exact) mass is 372 g/mol. The fourth-order valence-corrected chi connectivity index (χ4v) is 5.54. The maximum Gasteiger partial charge on any atom is 0.253 e. The lowest BCUT2D eigenvalue weighted by atomic mass is 9.89. The molecule has 4 nitrogen and oxygen atoms in total. The number of benzene rings is 1. The van der Waals surface area contributed by atoms with E-state index in [1.807, 2.05) is 23.9 Å². The number of rotatable bonds is 4. The van der Waals surface area contributed by atoms with Gasteiger partial charge in [0.2, 0.25) is 0 Å². The van der Waals surface area contributed by atoms with Crippen LogP contribution < -0.4 is 0 Å². The molecule has 0 N–H and O–H groups in total. The molecular weight excluding hydrogens is 344 g/mol. The van der Waals surface area contributed by atoms with Gasteiger partial charge in [0.1, 0.15) is 5.78 Å². The second-order valence-corrected chi connectivity index (χ2v) is 9.19. The van der Waals surface area contributed by atoms with Crippen LogP contribution in [-0.2, 0) is 4.79 Å². The molecule has 0 atom stereocenters. The molecule has 1 aromatic carbocycles. The van der Waals surface area contributed by atoms with Gasteiger partial charge < -0.3 is 9.80 Å². The number of nitrogens with zero attached hydrogens (tertiary/aromatic N) is 2. The number of carbonyl (C=O) groups excluding carboxylic acids is 2. The summed E-state index contributed by atoms with van der Waals surface area (Å²) >= 11 is 1.96. The summed E-state index contributed by atoms with van der Waals surface area (Å²) in [7, 11) is 0. The summed E-state index contributed by atoms with van der Waals surface area (Å²) in [4.78, 5) is 29.6. The van der Waals surface area contributed by atoms with E-state index >= 15 is 0 Å². The number of likely N-dealkylation sites (tertiary alicyclic amines) is 2. The van der Waals surface area contributed by atoms with Gasteiger partial charge >= 0.3 is 0 Å². The number of hydrogen-bond donors (Lipinski definition) is 0. The van der Waals surface area contributed by atoms with E-state index in [4.69, 9.17) is 0 Å². The Morgan fingerprint density at radius 3 is 2.23 bits per heavy atom. The van der Waals surface area contributed by atoms with Gasteiger partial charge in [-0.25, -0.2) is 0 Å². The van der Waals surface area contributed by atoms with Gasteiger partial charge in [-0.15, -0.1) is 11.8 Å². The van der Waals surface area contributed by atoms with Gasteiger partial charge in [-0.05, 0) is 63.0 Å². The summed E-state index contributed by atoms with van der Waals surface area (Å²) < 4.78 is 0. The highest BCUT2D eigenvalue weighted by molar-refractivity contribution is 8.00. The minimum absolute atomic E-state index is 0.0582. The van der Waals surface area contributed by atoms with Crippen molar-refractivity contribution in [2.75, 3.05) is 26.2 Å². The largest absolute Gasteiger partial charge is 0.338 e. The van der Waals surface area contributed by atoms with Crippen molar-refractivity contribution in [3.05, 3.63) is 29.8 Å². The first-order valence-electron chi connectivity index (χ1n) is 10.0. The van der Waals surface area contributed by atoms with Crippen LogP contribution in [0.2, 0.25) is 0 Å². The maximum atomic E-state index is 12.5. The Morgan fingerprint density at radius 1 is 0.923 bits per heavy atom. The van der Waals surface area contributed by atoms with Crippen LogP contribution in [-0.4, -0.2) is 59.0 Å². The molecule has 2 aliphatic heterocycles. The minimum atomic E-state index is 0.0582. The van der Waals surface area contributed by atoms with Crippen molar-refractivity contribution >= 4 is 23.5 Å². The Balaban J connectivity index is 1.26. The molecule has 0 radical (unpaired) electrons. The highest BCUT2D eigenvalue weighted by Crippen LogP contribution is 2.39. The van der Waals surface area contributed by atoms with Gasteiger partial charge in [-0.1, -0.05) is 6.42 Å². The lowest BCUT2D eigenvalue weighted by Gasteiger charge is -2.44. The Bertz CT molecular complexity index is 638. The maximum absolute atomic E-state index is 12.5. The third-order valence-corrected chi connectivity index (χ3v) is 7.25. The molecule has 4 rings (SSSR count). The summed E-state index contributed by atoms with van der Waals surface area (Å²) in [5.41, 5.74) is 0.739. The molecule has 2 saturated heterocycles. The topological polar surface area (TPSA) is 40.6 Å². The second kappa shape index (κ2) is 8.13. The zero-order chi connectivity index (χ0) is 17.9. The van der Waals surface area contributed by atoms with Crippen LogP contribution in [0.4, 0.5) is 0 Å². The van der Waals surface area contributed by atoms with Crippen molar-refractivity contribution in [3.63, 3.8) is 0 Å². The van der Waals surface area contributed by atoms with Gasteiger partial charge in [0.05, 0.1) is 0 Å². The molecule has 140 valence electrons. The van der Waals surface area contributed by atoms with Crippen molar-refractivity contribution in [2.45, 2.75) is 61.1 Å². The van der Waals surface area contributed by atoms with Crippen molar-refractivity contribution in [2.24, 2.45) is 0 Å². The van der Waals surface area contributed by atoms with Gasteiger partial charge in [0, 0.05) is 47.7 Å². The average molecular weight is 373 g/mol. The number of carbonyl (C=O) groups is 2. The van der Waals surface area contributed by atoms with E-state index in [2.05, 4.69) is 17.0 Å². The van der Waals surface area contributed by atoms with Crippen molar-refractivity contribution < 1.29 is 9.59 Å². The Labute approximate surface area is 160 Å². The highest BCUT2D eigenvalue weighted by Gasteiger charge is 2.34. The predicted molar refractivity (Wildman–Crippen MR) is 105 cm³/mol. The molecule has 2 heterocycles. The first-order chi connectivity index (χ1) is 12.7. The van der Waals surface area contributed by atoms with Crippen LogP contribution in [0, 0.1) is 0 Å². The van der Waals surface area contributed by atoms with Crippen LogP contribution in [0.25, 0.3) is 0 Å². The lowest BCUT2D eigenvalue weighted by molar-refractivity contribution is -0.120. The number of ketones is 1. The second-order valence-electron chi connectivity index (χ2n) is 7.82. The fraction of sp³-hybridized carbons (Fsp3) is 0.619. The Hall–Kier alpha value is -1.33. The Morgan fingerprint density at radius 2 is 1.58 bits per heavy atom. The molecule has 0 bridgehead atoms. The summed E-state index contributed by atoms with van der Waals surface area (Å²) in [5, 5.41) is 0.719. The van der Waals surface area contributed by atoms with Crippen LogP contribution in [0.5, 0.6) is 0 Å². The van der Waals surface area contributed by atoms with Crippen molar-refractivity contribution in [1.82, 2.24) is 9.80 Å². The Kier molecular flexibility index (Phi) is 5.65. The molecule has 0 unspecified atom stereocenters.